The van der Waals surface area contributed by atoms with Crippen molar-refractivity contribution in [1.82, 2.24) is 4.90 Å². The minimum Gasteiger partial charge on any atom is -0.383 e. The van der Waals surface area contributed by atoms with Crippen LogP contribution in [0, 0.1) is 0 Å². The Morgan fingerprint density at radius 3 is 2.47 bits per heavy atom. The number of hydrogen-bond donors (Lipinski definition) is 0. The average Bonchev–Trinajstić information content (AvgIpc) is 2.32. The van der Waals surface area contributed by atoms with Crippen LogP contribution in [0.3, 0.4) is 0 Å². The van der Waals surface area contributed by atoms with Gasteiger partial charge >= 0.3 is 10.1 Å². The zero-order valence-electron chi connectivity index (χ0n) is 10.7. The van der Waals surface area contributed by atoms with Gasteiger partial charge in [-0.3, -0.25) is 4.79 Å². The lowest BCUT2D eigenvalue weighted by molar-refractivity contribution is -0.147. The Bertz CT molecular complexity index is 566. The molecular weight excluding hydrogens is 270 g/mol. The maximum absolute atomic E-state index is 11.3. The zero-order valence-corrected chi connectivity index (χ0v) is 11.5. The van der Waals surface area contributed by atoms with Crippen LogP contribution in [0.5, 0.6) is 5.75 Å². The maximum atomic E-state index is 11.3. The van der Waals surface area contributed by atoms with E-state index in [1.165, 1.54) is 0 Å². The third-order valence-electron chi connectivity index (χ3n) is 2.77. The lowest BCUT2D eigenvalue weighted by atomic mass is 10.1. The van der Waals surface area contributed by atoms with E-state index in [1.54, 1.807) is 36.2 Å². The molecule has 1 aromatic carbocycles. The van der Waals surface area contributed by atoms with Crippen molar-refractivity contribution >= 4 is 16.0 Å². The molecule has 1 saturated heterocycles. The van der Waals surface area contributed by atoms with Crippen LogP contribution < -0.4 is 4.18 Å². The predicted octanol–water partition coefficient (Wildman–Crippen LogP) is 0.555. The smallest absolute Gasteiger partial charge is 0.306 e. The second-order valence-electron chi connectivity index (χ2n) is 4.43. The second-order valence-corrected chi connectivity index (χ2v) is 6.01. The fourth-order valence-corrected chi connectivity index (χ4v) is 2.26. The van der Waals surface area contributed by atoms with E-state index in [-0.39, 0.29) is 24.4 Å². The van der Waals surface area contributed by atoms with Gasteiger partial charge in [0.2, 0.25) is 5.91 Å². The van der Waals surface area contributed by atoms with Crippen molar-refractivity contribution in [2.75, 3.05) is 26.5 Å². The van der Waals surface area contributed by atoms with Gasteiger partial charge in [0.05, 0.1) is 12.8 Å². The Morgan fingerprint density at radius 2 is 1.95 bits per heavy atom. The highest BCUT2D eigenvalue weighted by atomic mass is 32.2. The molecule has 1 amide bonds. The van der Waals surface area contributed by atoms with Gasteiger partial charge in [-0.1, -0.05) is 12.1 Å². The number of rotatable bonds is 3. The van der Waals surface area contributed by atoms with Crippen LogP contribution in [0.4, 0.5) is 0 Å². The van der Waals surface area contributed by atoms with E-state index in [0.717, 1.165) is 11.8 Å². The Hall–Kier alpha value is -1.60. The molecule has 1 heterocycles. The summed E-state index contributed by atoms with van der Waals surface area (Å²) in [4.78, 5) is 12.9. The van der Waals surface area contributed by atoms with E-state index >= 15 is 0 Å². The number of amides is 1. The summed E-state index contributed by atoms with van der Waals surface area (Å²) in [7, 11) is -1.79. The van der Waals surface area contributed by atoms with Crippen molar-refractivity contribution in [2.24, 2.45) is 0 Å². The molecule has 0 aliphatic carbocycles. The van der Waals surface area contributed by atoms with Gasteiger partial charge in [0.1, 0.15) is 18.5 Å². The molecule has 1 aromatic rings. The van der Waals surface area contributed by atoms with Gasteiger partial charge in [-0.15, -0.1) is 0 Å². The molecule has 0 saturated carbocycles. The number of nitrogens with zero attached hydrogens (tertiary/aromatic N) is 1. The molecule has 1 unspecified atom stereocenters. The average molecular weight is 285 g/mol. The van der Waals surface area contributed by atoms with Gasteiger partial charge in [0.15, 0.2) is 0 Å². The van der Waals surface area contributed by atoms with Crippen molar-refractivity contribution in [2.45, 2.75) is 6.10 Å². The van der Waals surface area contributed by atoms with Crippen LogP contribution in [-0.2, 0) is 19.6 Å². The lowest BCUT2D eigenvalue weighted by Gasteiger charge is -2.30. The van der Waals surface area contributed by atoms with Crippen LogP contribution in [0.25, 0.3) is 0 Å². The largest absolute Gasteiger partial charge is 0.383 e. The Labute approximate surface area is 112 Å². The minimum atomic E-state index is -3.52. The number of hydrogen-bond acceptors (Lipinski definition) is 5. The van der Waals surface area contributed by atoms with E-state index in [0.29, 0.717) is 6.54 Å². The zero-order chi connectivity index (χ0) is 14.0. The second kappa shape index (κ2) is 5.18. The van der Waals surface area contributed by atoms with Gasteiger partial charge in [-0.25, -0.2) is 0 Å². The molecule has 1 atom stereocenters. The Morgan fingerprint density at radius 1 is 1.32 bits per heavy atom. The predicted molar refractivity (Wildman–Crippen MR) is 68.2 cm³/mol. The van der Waals surface area contributed by atoms with Gasteiger partial charge in [-0.05, 0) is 17.7 Å². The van der Waals surface area contributed by atoms with E-state index in [9.17, 15) is 13.2 Å². The van der Waals surface area contributed by atoms with Crippen LogP contribution >= 0.6 is 0 Å². The summed E-state index contributed by atoms with van der Waals surface area (Å²) in [6, 6.07) is 6.59. The molecule has 7 heteroatoms. The van der Waals surface area contributed by atoms with E-state index in [1.807, 2.05) is 0 Å². The molecule has 0 N–H and O–H groups in total. The molecular formula is C12H15NO5S. The van der Waals surface area contributed by atoms with Crippen LogP contribution in [-0.4, -0.2) is 45.7 Å². The third kappa shape index (κ3) is 3.68. The first-order valence-corrected chi connectivity index (χ1v) is 7.52. The SMILES string of the molecule is CN1CC(c2ccc(OS(C)(=O)=O)cc2)OCC1=O. The van der Waals surface area contributed by atoms with E-state index in [4.69, 9.17) is 8.92 Å². The van der Waals surface area contributed by atoms with E-state index in [2.05, 4.69) is 0 Å². The van der Waals surface area contributed by atoms with Crippen LogP contribution in [0.1, 0.15) is 11.7 Å². The summed E-state index contributed by atoms with van der Waals surface area (Å²) in [6.45, 7) is 0.536. The monoisotopic (exact) mass is 285 g/mol. The summed E-state index contributed by atoms with van der Waals surface area (Å²) in [5, 5.41) is 0. The summed E-state index contributed by atoms with van der Waals surface area (Å²) in [6.07, 6.45) is 0.793. The number of benzene rings is 1. The molecule has 1 aliphatic rings. The molecule has 1 fully saturated rings. The third-order valence-corrected chi connectivity index (χ3v) is 3.27. The maximum Gasteiger partial charge on any atom is 0.306 e. The number of morpholine rings is 1. The molecule has 6 nitrogen and oxygen atoms in total. The summed E-state index contributed by atoms with van der Waals surface area (Å²) < 4.78 is 32.1. The van der Waals surface area contributed by atoms with E-state index < -0.39 is 10.1 Å². The highest BCUT2D eigenvalue weighted by Crippen LogP contribution is 2.24. The molecule has 0 radical (unpaired) electrons. The van der Waals surface area contributed by atoms with Crippen molar-refractivity contribution in [3.8, 4) is 5.75 Å². The first kappa shape index (κ1) is 13.8. The van der Waals surface area contributed by atoms with Gasteiger partial charge < -0.3 is 13.8 Å². The molecule has 0 spiro atoms. The standard InChI is InChI=1S/C12H15NO5S/c1-13-7-11(17-8-12(13)14)9-3-5-10(6-4-9)18-19(2,15)16/h3-6,11H,7-8H2,1-2H3. The van der Waals surface area contributed by atoms with Crippen molar-refractivity contribution in [1.29, 1.82) is 0 Å². The van der Waals surface area contributed by atoms with Gasteiger partial charge in [-0.2, -0.15) is 8.42 Å². The molecule has 1 aliphatic heterocycles. The van der Waals surface area contributed by atoms with Crippen LogP contribution in [0.2, 0.25) is 0 Å². The number of ether oxygens (including phenoxy) is 1. The first-order valence-electron chi connectivity index (χ1n) is 5.70. The molecule has 2 rings (SSSR count). The topological polar surface area (TPSA) is 72.9 Å². The number of likely N-dealkylation sites (N-methyl/N-ethyl adjacent to an activating group) is 1. The van der Waals surface area contributed by atoms with Gasteiger partial charge in [0.25, 0.3) is 0 Å². The summed E-state index contributed by atoms with van der Waals surface area (Å²) in [5.41, 5.74) is 0.875. The Balaban J connectivity index is 2.08. The molecule has 0 bridgehead atoms. The summed E-state index contributed by atoms with van der Waals surface area (Å²) in [5.74, 6) is 0.208. The number of carbonyl (C=O) groups is 1. The fourth-order valence-electron chi connectivity index (χ4n) is 1.80. The summed E-state index contributed by atoms with van der Waals surface area (Å²) >= 11 is 0. The quantitative estimate of drug-likeness (QED) is 0.759. The first-order chi connectivity index (χ1) is 8.85. The van der Waals surface area contributed by atoms with Crippen LogP contribution in [0.15, 0.2) is 24.3 Å². The van der Waals surface area contributed by atoms with Crippen molar-refractivity contribution in [3.05, 3.63) is 29.8 Å². The molecule has 104 valence electrons. The molecule has 19 heavy (non-hydrogen) atoms. The fraction of sp³-hybridized carbons (Fsp3) is 0.417. The highest BCUT2D eigenvalue weighted by Gasteiger charge is 2.24. The van der Waals surface area contributed by atoms with Crippen molar-refractivity contribution < 1.29 is 22.1 Å². The minimum absolute atomic E-state index is 0.0479. The number of carbonyl (C=O) groups excluding carboxylic acids is 1. The highest BCUT2D eigenvalue weighted by molar-refractivity contribution is 7.86. The van der Waals surface area contributed by atoms with Crippen molar-refractivity contribution in [3.63, 3.8) is 0 Å². The normalized spacial score (nSPS) is 20.4. The lowest BCUT2D eigenvalue weighted by Crippen LogP contribution is -2.40. The molecule has 0 aromatic heterocycles. The van der Waals surface area contributed by atoms with Gasteiger partial charge in [0, 0.05) is 7.05 Å². The Kier molecular flexibility index (Phi) is 3.77.